The minimum absolute atomic E-state index is 0.892. The van der Waals surface area contributed by atoms with Gasteiger partial charge in [0.1, 0.15) is 0 Å². The highest BCUT2D eigenvalue weighted by molar-refractivity contribution is 7.78. The molecule has 1 aliphatic rings. The Morgan fingerprint density at radius 2 is 2.27 bits per heavy atom. The molecule has 0 bridgehead atoms. The molecule has 1 N–H and O–H groups in total. The number of nitrogens with zero attached hydrogens (tertiary/aromatic N) is 2. The van der Waals surface area contributed by atoms with Gasteiger partial charge in [-0.3, -0.25) is 0 Å². The molecule has 0 fully saturated rings. The molecule has 0 atom stereocenters. The fourth-order valence-electron chi connectivity index (χ4n) is 1.04. The van der Waals surface area contributed by atoms with Crippen molar-refractivity contribution in [2.45, 2.75) is 26.9 Å². The molecule has 1 aliphatic heterocycles. The number of hydrogen-bond donors (Lipinski definition) is 2. The summed E-state index contributed by atoms with van der Waals surface area (Å²) in [7, 11) is 0. The molecular weight excluding hydrogens is 158 g/mol. The van der Waals surface area contributed by atoms with Crippen LogP contribution in [0.2, 0.25) is 0 Å². The topological polar surface area (TPSA) is 29.9 Å². The predicted molar refractivity (Wildman–Crippen MR) is 48.5 cm³/mol. The van der Waals surface area contributed by atoms with E-state index >= 15 is 0 Å². The van der Waals surface area contributed by atoms with Crippen LogP contribution in [0.1, 0.15) is 25.1 Å². The summed E-state index contributed by atoms with van der Waals surface area (Å²) in [5, 5.41) is 7.29. The van der Waals surface area contributed by atoms with E-state index in [0.29, 0.717) is 0 Å². The zero-order valence-corrected chi connectivity index (χ0v) is 7.73. The van der Waals surface area contributed by atoms with Crippen molar-refractivity contribution in [2.24, 2.45) is 0 Å². The van der Waals surface area contributed by atoms with E-state index in [1.807, 2.05) is 20.0 Å². The van der Waals surface area contributed by atoms with Crippen LogP contribution in [0.4, 0.5) is 0 Å². The van der Waals surface area contributed by atoms with Gasteiger partial charge in [0.15, 0.2) is 0 Å². The number of rotatable bonds is 0. The smallest absolute Gasteiger partial charge is 0.0818 e. The van der Waals surface area contributed by atoms with Crippen LogP contribution < -0.4 is 5.32 Å². The highest BCUT2D eigenvalue weighted by atomic mass is 32.1. The Morgan fingerprint density at radius 3 is 2.91 bits per heavy atom. The van der Waals surface area contributed by atoms with Crippen LogP contribution in [0.25, 0.3) is 0 Å². The maximum atomic E-state index is 4.11. The lowest BCUT2D eigenvalue weighted by Crippen LogP contribution is -2.02. The van der Waals surface area contributed by atoms with Crippen molar-refractivity contribution in [3.05, 3.63) is 17.5 Å². The quantitative estimate of drug-likeness (QED) is 0.575. The van der Waals surface area contributed by atoms with Crippen molar-refractivity contribution in [1.82, 2.24) is 14.5 Å². The third-order valence-electron chi connectivity index (χ3n) is 1.47. The highest BCUT2D eigenvalue weighted by Gasteiger charge is 2.12. The van der Waals surface area contributed by atoms with Gasteiger partial charge < -0.3 is 5.32 Å². The van der Waals surface area contributed by atoms with Gasteiger partial charge in [-0.2, -0.15) is 5.10 Å². The second kappa shape index (κ2) is 3.78. The standard InChI is InChI=1S/C5H7N3S.C2H6/c9-8-3-4-1-6-2-5(4)7-8;1-2/h3,6,9H,1-2H2;1-2H3. The fourth-order valence-corrected chi connectivity index (χ4v) is 1.29. The van der Waals surface area contributed by atoms with Gasteiger partial charge in [-0.05, 0) is 12.8 Å². The summed E-state index contributed by atoms with van der Waals surface area (Å²) in [5.41, 5.74) is 2.40. The van der Waals surface area contributed by atoms with E-state index < -0.39 is 0 Å². The molecule has 0 saturated heterocycles. The van der Waals surface area contributed by atoms with Gasteiger partial charge in [-0.15, -0.1) is 0 Å². The molecule has 1 aromatic rings. The van der Waals surface area contributed by atoms with Crippen LogP contribution in [-0.2, 0) is 13.1 Å². The molecule has 4 heteroatoms. The second-order valence-electron chi connectivity index (χ2n) is 2.12. The Morgan fingerprint density at radius 1 is 1.55 bits per heavy atom. The lowest BCUT2D eigenvalue weighted by molar-refractivity contribution is 0.737. The van der Waals surface area contributed by atoms with E-state index in [2.05, 4.69) is 23.2 Å². The van der Waals surface area contributed by atoms with Crippen LogP contribution in [0.15, 0.2) is 6.20 Å². The molecule has 0 aliphatic carbocycles. The number of nitrogens with one attached hydrogen (secondary N) is 1. The van der Waals surface area contributed by atoms with Gasteiger partial charge in [0.25, 0.3) is 0 Å². The van der Waals surface area contributed by atoms with Crippen LogP contribution in [-0.4, -0.2) is 9.19 Å². The van der Waals surface area contributed by atoms with Crippen molar-refractivity contribution in [2.75, 3.05) is 0 Å². The fraction of sp³-hybridized carbons (Fsp3) is 0.571. The summed E-state index contributed by atoms with van der Waals surface area (Å²) >= 11 is 4.04. The van der Waals surface area contributed by atoms with Gasteiger partial charge in [-0.1, -0.05) is 13.8 Å². The van der Waals surface area contributed by atoms with E-state index in [1.54, 1.807) is 4.09 Å². The molecule has 0 saturated carbocycles. The normalized spacial score (nSPS) is 13.7. The minimum atomic E-state index is 0.892. The van der Waals surface area contributed by atoms with Crippen LogP contribution in [0.5, 0.6) is 0 Å². The van der Waals surface area contributed by atoms with Gasteiger partial charge >= 0.3 is 0 Å². The summed E-state index contributed by atoms with van der Waals surface area (Å²) in [4.78, 5) is 0. The summed E-state index contributed by atoms with van der Waals surface area (Å²) in [6.07, 6.45) is 1.93. The SMILES string of the molecule is CC.Sn1cc2c(n1)CNC2. The number of fused-ring (bicyclic) bond motifs is 1. The van der Waals surface area contributed by atoms with Crippen molar-refractivity contribution in [3.63, 3.8) is 0 Å². The molecule has 2 heterocycles. The Bertz CT molecular complexity index is 210. The zero-order chi connectivity index (χ0) is 8.27. The molecule has 1 aromatic heterocycles. The van der Waals surface area contributed by atoms with Crippen molar-refractivity contribution < 1.29 is 0 Å². The minimum Gasteiger partial charge on any atom is -0.307 e. The average Bonchev–Trinajstić information content (AvgIpc) is 2.51. The molecule has 0 amide bonds. The Kier molecular flexibility index (Phi) is 2.96. The van der Waals surface area contributed by atoms with Crippen molar-refractivity contribution in [1.29, 1.82) is 0 Å². The molecule has 0 spiro atoms. The summed E-state index contributed by atoms with van der Waals surface area (Å²) < 4.78 is 1.56. The predicted octanol–water partition coefficient (Wildman–Crippen LogP) is 1.21. The largest absolute Gasteiger partial charge is 0.307 e. The second-order valence-corrected chi connectivity index (χ2v) is 2.53. The first kappa shape index (κ1) is 8.62. The molecule has 0 aromatic carbocycles. The molecule has 3 nitrogen and oxygen atoms in total. The third kappa shape index (κ3) is 1.75. The maximum Gasteiger partial charge on any atom is 0.0818 e. The number of aromatic nitrogens is 2. The maximum absolute atomic E-state index is 4.11. The summed E-state index contributed by atoms with van der Waals surface area (Å²) in [5.74, 6) is 0. The van der Waals surface area contributed by atoms with Crippen LogP contribution in [0.3, 0.4) is 0 Å². The van der Waals surface area contributed by atoms with Gasteiger partial charge in [-0.25, -0.2) is 4.09 Å². The lowest BCUT2D eigenvalue weighted by Gasteiger charge is -1.87. The summed E-state index contributed by atoms with van der Waals surface area (Å²) in [6.45, 7) is 5.83. The molecule has 0 unspecified atom stereocenters. The third-order valence-corrected chi connectivity index (χ3v) is 1.68. The zero-order valence-electron chi connectivity index (χ0n) is 6.83. The molecule has 0 radical (unpaired) electrons. The molecule has 62 valence electrons. The van der Waals surface area contributed by atoms with E-state index in [1.165, 1.54) is 5.56 Å². The van der Waals surface area contributed by atoms with Crippen LogP contribution >= 0.6 is 12.8 Å². The lowest BCUT2D eigenvalue weighted by atomic mass is 10.3. The molecular formula is C7H13N3S. The summed E-state index contributed by atoms with van der Waals surface area (Å²) in [6, 6.07) is 0. The monoisotopic (exact) mass is 171 g/mol. The van der Waals surface area contributed by atoms with Gasteiger partial charge in [0.05, 0.1) is 5.69 Å². The average molecular weight is 171 g/mol. The Labute approximate surface area is 72.3 Å². The Balaban J connectivity index is 0.000000281. The highest BCUT2D eigenvalue weighted by Crippen LogP contribution is 2.12. The van der Waals surface area contributed by atoms with Crippen LogP contribution in [0, 0.1) is 0 Å². The Hall–Kier alpha value is -0.480. The van der Waals surface area contributed by atoms with E-state index in [0.717, 1.165) is 18.8 Å². The van der Waals surface area contributed by atoms with E-state index in [-0.39, 0.29) is 0 Å². The van der Waals surface area contributed by atoms with Gasteiger partial charge in [0.2, 0.25) is 0 Å². The van der Waals surface area contributed by atoms with E-state index in [4.69, 9.17) is 0 Å². The van der Waals surface area contributed by atoms with E-state index in [9.17, 15) is 0 Å². The van der Waals surface area contributed by atoms with Crippen molar-refractivity contribution >= 4 is 12.8 Å². The molecule has 2 rings (SSSR count). The first-order valence-corrected chi connectivity index (χ1v) is 4.23. The van der Waals surface area contributed by atoms with Gasteiger partial charge in [0, 0.05) is 24.8 Å². The number of thiol groups is 1. The molecule has 11 heavy (non-hydrogen) atoms. The first-order chi connectivity index (χ1) is 5.36. The van der Waals surface area contributed by atoms with Crippen molar-refractivity contribution in [3.8, 4) is 0 Å². The number of hydrogen-bond acceptors (Lipinski definition) is 3. The first-order valence-electron chi connectivity index (χ1n) is 3.83.